The van der Waals surface area contributed by atoms with E-state index in [1.807, 2.05) is 12.1 Å². The van der Waals surface area contributed by atoms with Crippen LogP contribution in [0.5, 0.6) is 0 Å². The highest BCUT2D eigenvalue weighted by Gasteiger charge is 2.12. The summed E-state index contributed by atoms with van der Waals surface area (Å²) in [5.74, 6) is 0.725. The van der Waals surface area contributed by atoms with Crippen LogP contribution in [0.1, 0.15) is 49.0 Å². The lowest BCUT2D eigenvalue weighted by Gasteiger charge is -2.22. The molecule has 0 amide bonds. The maximum absolute atomic E-state index is 12.4. The summed E-state index contributed by atoms with van der Waals surface area (Å²) in [4.78, 5) is 16.8. The van der Waals surface area contributed by atoms with Crippen LogP contribution in [0, 0.1) is 0 Å². The molecule has 0 saturated heterocycles. The van der Waals surface area contributed by atoms with E-state index in [4.69, 9.17) is 0 Å². The van der Waals surface area contributed by atoms with Crippen molar-refractivity contribution in [1.82, 2.24) is 9.80 Å². The Morgan fingerprint density at radius 1 is 1.05 bits per heavy atom. The van der Waals surface area contributed by atoms with Crippen LogP contribution in [-0.4, -0.2) is 55.9 Å². The van der Waals surface area contributed by atoms with Gasteiger partial charge in [-0.25, -0.2) is 0 Å². The first-order valence-electron chi connectivity index (χ1n) is 7.94. The zero-order valence-electron chi connectivity index (χ0n) is 14.2. The first kappa shape index (κ1) is 17.9. The zero-order chi connectivity index (χ0) is 15.8. The lowest BCUT2D eigenvalue weighted by molar-refractivity contribution is 0.0925. The number of nitrogens with zero attached hydrogens (tertiary/aromatic N) is 2. The minimum Gasteiger partial charge on any atom is -0.308 e. The van der Waals surface area contributed by atoms with Gasteiger partial charge in [0.2, 0.25) is 0 Å². The van der Waals surface area contributed by atoms with Gasteiger partial charge in [0.15, 0.2) is 5.78 Å². The average Bonchev–Trinajstić information content (AvgIpc) is 2.45. The molecule has 1 aromatic rings. The Bertz CT molecular complexity index is 423. The normalized spacial score (nSPS) is 11.6. The van der Waals surface area contributed by atoms with Crippen LogP contribution in [0.4, 0.5) is 0 Å². The summed E-state index contributed by atoms with van der Waals surface area (Å²) in [6, 6.07) is 8.07. The number of likely N-dealkylation sites (N-methyl/N-ethyl adjacent to an activating group) is 1. The molecule has 0 radical (unpaired) electrons. The van der Waals surface area contributed by atoms with E-state index < -0.39 is 0 Å². The fraction of sp³-hybridized carbons (Fsp3) is 0.611. The molecule has 1 aromatic carbocycles. The van der Waals surface area contributed by atoms with Crippen molar-refractivity contribution in [1.29, 1.82) is 0 Å². The molecule has 0 unspecified atom stereocenters. The molecule has 0 aliphatic carbocycles. The number of carbonyl (C=O) groups is 1. The van der Waals surface area contributed by atoms with Crippen molar-refractivity contribution in [2.75, 3.05) is 40.3 Å². The largest absolute Gasteiger partial charge is 0.308 e. The molecule has 1 rings (SSSR count). The summed E-state index contributed by atoms with van der Waals surface area (Å²) in [5, 5.41) is 0. The topological polar surface area (TPSA) is 23.6 Å². The highest BCUT2D eigenvalue weighted by molar-refractivity contribution is 5.97. The molecular formula is C18H30N2O. The molecule has 0 spiro atoms. The third-order valence-electron chi connectivity index (χ3n) is 3.67. The Balaban J connectivity index is 2.63. The number of ketones is 1. The molecular weight excluding hydrogens is 260 g/mol. The highest BCUT2D eigenvalue weighted by Crippen LogP contribution is 2.15. The number of benzene rings is 1. The van der Waals surface area contributed by atoms with Crippen molar-refractivity contribution in [2.24, 2.45) is 0 Å². The van der Waals surface area contributed by atoms with Crippen LogP contribution in [0.25, 0.3) is 0 Å². The predicted octanol–water partition coefficient (Wildman–Crippen LogP) is 3.27. The quantitative estimate of drug-likeness (QED) is 0.652. The van der Waals surface area contributed by atoms with Crippen LogP contribution in [0.15, 0.2) is 24.3 Å². The molecule has 0 atom stereocenters. The second kappa shape index (κ2) is 8.96. The van der Waals surface area contributed by atoms with E-state index in [9.17, 15) is 4.79 Å². The van der Waals surface area contributed by atoms with Gasteiger partial charge in [-0.2, -0.15) is 0 Å². The van der Waals surface area contributed by atoms with E-state index in [0.29, 0.717) is 12.5 Å². The predicted molar refractivity (Wildman–Crippen MR) is 90.1 cm³/mol. The van der Waals surface area contributed by atoms with Crippen molar-refractivity contribution >= 4 is 5.78 Å². The Hall–Kier alpha value is -1.19. The Morgan fingerprint density at radius 3 is 2.14 bits per heavy atom. The Labute approximate surface area is 129 Å². The second-order valence-electron chi connectivity index (χ2n) is 6.28. The average molecular weight is 290 g/mol. The first-order valence-corrected chi connectivity index (χ1v) is 7.94. The molecule has 0 aliphatic rings. The Kier molecular flexibility index (Phi) is 7.62. The molecule has 3 nitrogen and oxygen atoms in total. The molecule has 0 saturated carbocycles. The zero-order valence-corrected chi connectivity index (χ0v) is 14.2. The fourth-order valence-corrected chi connectivity index (χ4v) is 2.28. The number of hydrogen-bond acceptors (Lipinski definition) is 3. The standard InChI is InChI=1S/C18H30N2O/c1-6-11-20(13-12-19(4)5)14-18(21)17-9-7-16(8-10-17)15(2)3/h7-10,15H,6,11-14H2,1-5H3. The number of carbonyl (C=O) groups excluding carboxylic acids is 1. The van der Waals surface area contributed by atoms with Crippen LogP contribution >= 0.6 is 0 Å². The lowest BCUT2D eigenvalue weighted by atomic mass is 10.0. The summed E-state index contributed by atoms with van der Waals surface area (Å²) in [7, 11) is 4.13. The number of Topliss-reactive ketones (excluding diaryl/α,β-unsaturated/α-hetero) is 1. The van der Waals surface area contributed by atoms with E-state index in [1.165, 1.54) is 5.56 Å². The van der Waals surface area contributed by atoms with Crippen molar-refractivity contribution in [3.8, 4) is 0 Å². The summed E-state index contributed by atoms with van der Waals surface area (Å²) >= 11 is 0. The van der Waals surface area contributed by atoms with Gasteiger partial charge in [0.05, 0.1) is 6.54 Å². The minimum absolute atomic E-state index is 0.220. The monoisotopic (exact) mass is 290 g/mol. The molecule has 0 bridgehead atoms. The van der Waals surface area contributed by atoms with E-state index in [0.717, 1.165) is 31.6 Å². The van der Waals surface area contributed by atoms with E-state index >= 15 is 0 Å². The smallest absolute Gasteiger partial charge is 0.176 e. The van der Waals surface area contributed by atoms with Gasteiger partial charge in [-0.05, 0) is 38.5 Å². The van der Waals surface area contributed by atoms with Gasteiger partial charge in [-0.1, -0.05) is 45.0 Å². The van der Waals surface area contributed by atoms with E-state index in [1.54, 1.807) is 0 Å². The van der Waals surface area contributed by atoms with E-state index in [2.05, 4.69) is 56.8 Å². The highest BCUT2D eigenvalue weighted by atomic mass is 16.1. The first-order chi connectivity index (χ1) is 9.93. The van der Waals surface area contributed by atoms with Gasteiger partial charge in [0.25, 0.3) is 0 Å². The molecule has 0 N–H and O–H groups in total. The molecule has 0 heterocycles. The second-order valence-corrected chi connectivity index (χ2v) is 6.28. The lowest BCUT2D eigenvalue weighted by Crippen LogP contribution is -2.36. The van der Waals surface area contributed by atoms with Gasteiger partial charge in [0.1, 0.15) is 0 Å². The molecule has 118 valence electrons. The van der Waals surface area contributed by atoms with E-state index in [-0.39, 0.29) is 5.78 Å². The summed E-state index contributed by atoms with van der Waals surface area (Å²) < 4.78 is 0. The van der Waals surface area contributed by atoms with Crippen LogP contribution in [0.2, 0.25) is 0 Å². The van der Waals surface area contributed by atoms with Gasteiger partial charge < -0.3 is 4.90 Å². The third-order valence-corrected chi connectivity index (χ3v) is 3.67. The summed E-state index contributed by atoms with van der Waals surface area (Å²) in [6.45, 7) is 9.91. The summed E-state index contributed by atoms with van der Waals surface area (Å²) in [5.41, 5.74) is 2.11. The molecule has 0 aliphatic heterocycles. The molecule has 21 heavy (non-hydrogen) atoms. The SMILES string of the molecule is CCCN(CCN(C)C)CC(=O)c1ccc(C(C)C)cc1. The van der Waals surface area contributed by atoms with Crippen LogP contribution in [0.3, 0.4) is 0 Å². The number of hydrogen-bond donors (Lipinski definition) is 0. The molecule has 0 aromatic heterocycles. The maximum Gasteiger partial charge on any atom is 0.176 e. The number of rotatable bonds is 9. The van der Waals surface area contributed by atoms with Gasteiger partial charge in [-0.3, -0.25) is 9.69 Å². The van der Waals surface area contributed by atoms with Crippen molar-refractivity contribution < 1.29 is 4.79 Å². The van der Waals surface area contributed by atoms with Crippen molar-refractivity contribution in [2.45, 2.75) is 33.1 Å². The van der Waals surface area contributed by atoms with Gasteiger partial charge >= 0.3 is 0 Å². The third kappa shape index (κ3) is 6.40. The van der Waals surface area contributed by atoms with Crippen molar-refractivity contribution in [3.63, 3.8) is 0 Å². The Morgan fingerprint density at radius 2 is 1.67 bits per heavy atom. The fourth-order valence-electron chi connectivity index (χ4n) is 2.28. The maximum atomic E-state index is 12.4. The van der Waals surface area contributed by atoms with Gasteiger partial charge in [-0.15, -0.1) is 0 Å². The molecule has 0 fully saturated rings. The van der Waals surface area contributed by atoms with Gasteiger partial charge in [0, 0.05) is 18.7 Å². The minimum atomic E-state index is 0.220. The molecule has 3 heteroatoms. The van der Waals surface area contributed by atoms with Crippen molar-refractivity contribution in [3.05, 3.63) is 35.4 Å². The summed E-state index contributed by atoms with van der Waals surface area (Å²) in [6.07, 6.45) is 1.08. The van der Waals surface area contributed by atoms with Crippen LogP contribution < -0.4 is 0 Å². The van der Waals surface area contributed by atoms with Crippen LogP contribution in [-0.2, 0) is 0 Å².